The molecule has 5 heteroatoms. The standard InChI is InChI=1S/C17H23N3O2/c1-11-6-7-20(10-14(11)9-18)17(22)13-2-4-15-12(8-13)3-5-16(21)19-15/h2,4,8,11,14H,3,5-7,9-10,18H2,1H3,(H,19,21). The van der Waals surface area contributed by atoms with Crippen LogP contribution in [0.3, 0.4) is 0 Å². The number of fused-ring (bicyclic) bond motifs is 1. The minimum absolute atomic E-state index is 0.0439. The van der Waals surface area contributed by atoms with E-state index in [2.05, 4.69) is 12.2 Å². The van der Waals surface area contributed by atoms with E-state index in [1.165, 1.54) is 0 Å². The van der Waals surface area contributed by atoms with Gasteiger partial charge in [0.25, 0.3) is 5.91 Å². The van der Waals surface area contributed by atoms with Crippen molar-refractivity contribution < 1.29 is 9.59 Å². The summed E-state index contributed by atoms with van der Waals surface area (Å²) in [5.41, 5.74) is 8.41. The van der Waals surface area contributed by atoms with Gasteiger partial charge in [-0.25, -0.2) is 0 Å². The van der Waals surface area contributed by atoms with E-state index in [1.54, 1.807) is 0 Å². The molecule has 3 N–H and O–H groups in total. The molecule has 118 valence electrons. The number of hydrogen-bond acceptors (Lipinski definition) is 3. The Morgan fingerprint density at radius 2 is 2.23 bits per heavy atom. The number of piperidine rings is 1. The third-order valence-electron chi connectivity index (χ3n) is 4.95. The molecule has 2 amide bonds. The molecular weight excluding hydrogens is 278 g/mol. The monoisotopic (exact) mass is 301 g/mol. The Labute approximate surface area is 130 Å². The molecule has 2 atom stereocenters. The van der Waals surface area contributed by atoms with E-state index < -0.39 is 0 Å². The van der Waals surface area contributed by atoms with Gasteiger partial charge in [-0.1, -0.05) is 6.92 Å². The fourth-order valence-corrected chi connectivity index (χ4v) is 3.34. The SMILES string of the molecule is CC1CCN(C(=O)c2ccc3c(c2)CCC(=O)N3)CC1CN. The molecule has 0 saturated carbocycles. The van der Waals surface area contributed by atoms with Crippen molar-refractivity contribution in [1.82, 2.24) is 4.90 Å². The molecule has 22 heavy (non-hydrogen) atoms. The molecule has 0 radical (unpaired) electrons. The highest BCUT2D eigenvalue weighted by molar-refractivity contribution is 5.98. The maximum absolute atomic E-state index is 12.7. The number of nitrogens with two attached hydrogens (primary N) is 1. The molecule has 2 aliphatic rings. The predicted molar refractivity (Wildman–Crippen MR) is 85.6 cm³/mol. The van der Waals surface area contributed by atoms with Crippen LogP contribution in [0.2, 0.25) is 0 Å². The second kappa shape index (κ2) is 6.08. The molecule has 0 aliphatic carbocycles. The Balaban J connectivity index is 1.76. The van der Waals surface area contributed by atoms with E-state index in [1.807, 2.05) is 23.1 Å². The summed E-state index contributed by atoms with van der Waals surface area (Å²) in [5, 5.41) is 2.85. The van der Waals surface area contributed by atoms with E-state index in [0.29, 0.717) is 36.8 Å². The van der Waals surface area contributed by atoms with Crippen molar-refractivity contribution in [3.05, 3.63) is 29.3 Å². The predicted octanol–water partition coefficient (Wildman–Crippen LogP) is 1.63. The molecule has 2 aliphatic heterocycles. The molecule has 1 fully saturated rings. The lowest BCUT2D eigenvalue weighted by atomic mass is 9.87. The van der Waals surface area contributed by atoms with Crippen LogP contribution in [0.4, 0.5) is 5.69 Å². The molecule has 3 rings (SSSR count). The van der Waals surface area contributed by atoms with Crippen molar-refractivity contribution in [3.8, 4) is 0 Å². The molecule has 0 aromatic heterocycles. The summed E-state index contributed by atoms with van der Waals surface area (Å²) in [4.78, 5) is 26.0. The van der Waals surface area contributed by atoms with E-state index in [-0.39, 0.29) is 11.8 Å². The first-order valence-corrected chi connectivity index (χ1v) is 8.00. The Hall–Kier alpha value is -1.88. The van der Waals surface area contributed by atoms with Gasteiger partial charge >= 0.3 is 0 Å². The van der Waals surface area contributed by atoms with Crippen molar-refractivity contribution >= 4 is 17.5 Å². The van der Waals surface area contributed by atoms with Crippen LogP contribution < -0.4 is 11.1 Å². The summed E-state index contributed by atoms with van der Waals surface area (Å²) < 4.78 is 0. The zero-order chi connectivity index (χ0) is 15.7. The molecule has 0 spiro atoms. The fourth-order valence-electron chi connectivity index (χ4n) is 3.34. The Kier molecular flexibility index (Phi) is 4.16. The van der Waals surface area contributed by atoms with E-state index in [0.717, 1.165) is 30.8 Å². The summed E-state index contributed by atoms with van der Waals surface area (Å²) in [5.74, 6) is 1.08. The van der Waals surface area contributed by atoms with Crippen LogP contribution in [0.15, 0.2) is 18.2 Å². The van der Waals surface area contributed by atoms with Crippen LogP contribution in [0, 0.1) is 11.8 Å². The number of anilines is 1. The van der Waals surface area contributed by atoms with Gasteiger partial charge < -0.3 is 16.0 Å². The number of carbonyl (C=O) groups is 2. The van der Waals surface area contributed by atoms with Crippen LogP contribution in [0.5, 0.6) is 0 Å². The average Bonchev–Trinajstić information content (AvgIpc) is 2.54. The molecule has 1 aromatic rings. The Bertz CT molecular complexity index is 600. The number of rotatable bonds is 2. The first-order valence-electron chi connectivity index (χ1n) is 8.00. The minimum Gasteiger partial charge on any atom is -0.338 e. The molecule has 0 bridgehead atoms. The second-order valence-electron chi connectivity index (χ2n) is 6.43. The number of hydrogen-bond donors (Lipinski definition) is 2. The van der Waals surface area contributed by atoms with Crippen molar-refractivity contribution in [2.75, 3.05) is 25.0 Å². The largest absolute Gasteiger partial charge is 0.338 e. The minimum atomic E-state index is 0.0439. The van der Waals surface area contributed by atoms with Crippen molar-refractivity contribution in [1.29, 1.82) is 0 Å². The molecule has 1 aromatic carbocycles. The number of nitrogens with one attached hydrogen (secondary N) is 1. The number of aryl methyl sites for hydroxylation is 1. The highest BCUT2D eigenvalue weighted by atomic mass is 16.2. The summed E-state index contributed by atoms with van der Waals surface area (Å²) in [6.07, 6.45) is 2.19. The topological polar surface area (TPSA) is 75.4 Å². The lowest BCUT2D eigenvalue weighted by Crippen LogP contribution is -2.45. The van der Waals surface area contributed by atoms with Gasteiger partial charge in [-0.2, -0.15) is 0 Å². The number of nitrogens with zero attached hydrogens (tertiary/aromatic N) is 1. The first-order chi connectivity index (χ1) is 10.6. The molecule has 2 unspecified atom stereocenters. The summed E-state index contributed by atoms with van der Waals surface area (Å²) >= 11 is 0. The normalized spacial score (nSPS) is 24.6. The maximum Gasteiger partial charge on any atom is 0.253 e. The second-order valence-corrected chi connectivity index (χ2v) is 6.43. The third kappa shape index (κ3) is 2.86. The Morgan fingerprint density at radius 3 is 3.00 bits per heavy atom. The molecular formula is C17H23N3O2. The fraction of sp³-hybridized carbons (Fsp3) is 0.529. The van der Waals surface area contributed by atoms with E-state index in [4.69, 9.17) is 5.73 Å². The zero-order valence-electron chi connectivity index (χ0n) is 13.0. The van der Waals surface area contributed by atoms with Crippen molar-refractivity contribution in [3.63, 3.8) is 0 Å². The number of carbonyl (C=O) groups excluding carboxylic acids is 2. The van der Waals surface area contributed by atoms with Gasteiger partial charge in [0.05, 0.1) is 0 Å². The van der Waals surface area contributed by atoms with E-state index in [9.17, 15) is 9.59 Å². The van der Waals surface area contributed by atoms with Crippen LogP contribution in [-0.4, -0.2) is 36.3 Å². The van der Waals surface area contributed by atoms with Crippen LogP contribution >= 0.6 is 0 Å². The summed E-state index contributed by atoms with van der Waals surface area (Å²) in [7, 11) is 0. The van der Waals surface area contributed by atoms with Gasteiger partial charge in [0, 0.05) is 30.8 Å². The quantitative estimate of drug-likeness (QED) is 0.871. The van der Waals surface area contributed by atoms with Crippen LogP contribution in [0.25, 0.3) is 0 Å². The van der Waals surface area contributed by atoms with Gasteiger partial charge in [-0.05, 0) is 55.0 Å². The molecule has 1 saturated heterocycles. The highest BCUT2D eigenvalue weighted by Crippen LogP contribution is 2.26. The molecule has 5 nitrogen and oxygen atoms in total. The number of likely N-dealkylation sites (tertiary alicyclic amines) is 1. The smallest absolute Gasteiger partial charge is 0.253 e. The van der Waals surface area contributed by atoms with Crippen molar-refractivity contribution in [2.45, 2.75) is 26.2 Å². The van der Waals surface area contributed by atoms with Crippen molar-refractivity contribution in [2.24, 2.45) is 17.6 Å². The summed E-state index contributed by atoms with van der Waals surface area (Å²) in [6.45, 7) is 4.37. The third-order valence-corrected chi connectivity index (χ3v) is 4.95. The number of benzene rings is 1. The van der Waals surface area contributed by atoms with Crippen LogP contribution in [-0.2, 0) is 11.2 Å². The lowest BCUT2D eigenvalue weighted by Gasteiger charge is -2.36. The average molecular weight is 301 g/mol. The van der Waals surface area contributed by atoms with Gasteiger partial charge in [0.15, 0.2) is 0 Å². The highest BCUT2D eigenvalue weighted by Gasteiger charge is 2.29. The van der Waals surface area contributed by atoms with E-state index >= 15 is 0 Å². The van der Waals surface area contributed by atoms with Gasteiger partial charge in [-0.15, -0.1) is 0 Å². The van der Waals surface area contributed by atoms with Gasteiger partial charge in [0.1, 0.15) is 0 Å². The van der Waals surface area contributed by atoms with Crippen LogP contribution in [0.1, 0.15) is 35.7 Å². The maximum atomic E-state index is 12.7. The summed E-state index contributed by atoms with van der Waals surface area (Å²) in [6, 6.07) is 5.57. The number of amides is 2. The first kappa shape index (κ1) is 15.0. The van der Waals surface area contributed by atoms with Gasteiger partial charge in [0.2, 0.25) is 5.91 Å². The van der Waals surface area contributed by atoms with Gasteiger partial charge in [-0.3, -0.25) is 9.59 Å². The molecule has 2 heterocycles. The lowest BCUT2D eigenvalue weighted by molar-refractivity contribution is -0.116. The Morgan fingerprint density at radius 1 is 1.41 bits per heavy atom. The zero-order valence-corrected chi connectivity index (χ0v) is 13.0.